The summed E-state index contributed by atoms with van der Waals surface area (Å²) in [6.07, 6.45) is 2.70. The Balaban J connectivity index is 2.83. The smallest absolute Gasteiger partial charge is 0.170 e. The SMILES string of the molecule is CCc1nccc2ccc(OC)c(OC)c12. The van der Waals surface area contributed by atoms with Crippen molar-refractivity contribution in [2.45, 2.75) is 13.3 Å². The molecule has 0 atom stereocenters. The number of aryl methyl sites for hydroxylation is 1. The number of hydrogen-bond acceptors (Lipinski definition) is 3. The summed E-state index contributed by atoms with van der Waals surface area (Å²) in [5.41, 5.74) is 1.04. The van der Waals surface area contributed by atoms with E-state index in [1.165, 1.54) is 0 Å². The molecular weight excluding hydrogens is 202 g/mol. The minimum Gasteiger partial charge on any atom is -0.493 e. The lowest BCUT2D eigenvalue weighted by atomic mass is 10.1. The number of methoxy groups -OCH3 is 2. The molecule has 0 spiro atoms. The standard InChI is InChI=1S/C13H15NO2/c1-4-10-12-9(7-8-14-10)5-6-11(15-2)13(12)16-3/h5-8H,4H2,1-3H3. The van der Waals surface area contributed by atoms with Gasteiger partial charge in [-0.3, -0.25) is 4.98 Å². The van der Waals surface area contributed by atoms with Crippen molar-refractivity contribution in [1.82, 2.24) is 4.98 Å². The maximum absolute atomic E-state index is 5.43. The van der Waals surface area contributed by atoms with Crippen LogP contribution in [0.4, 0.5) is 0 Å². The van der Waals surface area contributed by atoms with Crippen molar-refractivity contribution in [3.8, 4) is 11.5 Å². The molecule has 0 saturated carbocycles. The van der Waals surface area contributed by atoms with Gasteiger partial charge in [0, 0.05) is 11.6 Å². The van der Waals surface area contributed by atoms with E-state index >= 15 is 0 Å². The van der Waals surface area contributed by atoms with Crippen LogP contribution in [-0.2, 0) is 6.42 Å². The fourth-order valence-electron chi connectivity index (χ4n) is 1.92. The molecule has 0 N–H and O–H groups in total. The van der Waals surface area contributed by atoms with Gasteiger partial charge in [-0.2, -0.15) is 0 Å². The van der Waals surface area contributed by atoms with Crippen LogP contribution in [0.3, 0.4) is 0 Å². The number of benzene rings is 1. The minimum absolute atomic E-state index is 0.748. The molecule has 0 aliphatic heterocycles. The van der Waals surface area contributed by atoms with E-state index in [0.717, 1.165) is 34.4 Å². The molecular formula is C13H15NO2. The number of aromatic nitrogens is 1. The van der Waals surface area contributed by atoms with E-state index in [1.807, 2.05) is 24.4 Å². The Hall–Kier alpha value is -1.77. The number of nitrogens with zero attached hydrogens (tertiary/aromatic N) is 1. The molecule has 1 aromatic heterocycles. The predicted molar refractivity (Wildman–Crippen MR) is 64.2 cm³/mol. The first kappa shape index (κ1) is 10.7. The van der Waals surface area contributed by atoms with Crippen LogP contribution in [0.1, 0.15) is 12.6 Å². The summed E-state index contributed by atoms with van der Waals surface area (Å²) in [6, 6.07) is 5.93. The quantitative estimate of drug-likeness (QED) is 0.792. The highest BCUT2D eigenvalue weighted by Crippen LogP contribution is 2.36. The Kier molecular flexibility index (Phi) is 2.95. The van der Waals surface area contributed by atoms with E-state index in [1.54, 1.807) is 14.2 Å². The van der Waals surface area contributed by atoms with Crippen molar-refractivity contribution in [2.75, 3.05) is 14.2 Å². The third-order valence-corrected chi connectivity index (χ3v) is 2.69. The summed E-state index contributed by atoms with van der Waals surface area (Å²) >= 11 is 0. The van der Waals surface area contributed by atoms with Gasteiger partial charge >= 0.3 is 0 Å². The molecule has 3 nitrogen and oxygen atoms in total. The molecule has 0 unspecified atom stereocenters. The van der Waals surface area contributed by atoms with Crippen molar-refractivity contribution in [3.63, 3.8) is 0 Å². The molecule has 0 bridgehead atoms. The number of hydrogen-bond donors (Lipinski definition) is 0. The molecule has 2 rings (SSSR count). The number of fused-ring (bicyclic) bond motifs is 1. The largest absolute Gasteiger partial charge is 0.493 e. The van der Waals surface area contributed by atoms with Crippen LogP contribution in [0.25, 0.3) is 10.8 Å². The zero-order valence-electron chi connectivity index (χ0n) is 9.78. The van der Waals surface area contributed by atoms with Gasteiger partial charge in [0.05, 0.1) is 19.9 Å². The van der Waals surface area contributed by atoms with E-state index in [0.29, 0.717) is 0 Å². The third-order valence-electron chi connectivity index (χ3n) is 2.69. The molecule has 0 aliphatic rings. The molecule has 16 heavy (non-hydrogen) atoms. The van der Waals surface area contributed by atoms with Crippen LogP contribution in [-0.4, -0.2) is 19.2 Å². The van der Waals surface area contributed by atoms with Gasteiger partial charge in [0.2, 0.25) is 0 Å². The lowest BCUT2D eigenvalue weighted by Gasteiger charge is -2.12. The lowest BCUT2D eigenvalue weighted by Crippen LogP contribution is -1.95. The second-order valence-electron chi connectivity index (χ2n) is 3.51. The maximum atomic E-state index is 5.43. The molecule has 3 heteroatoms. The topological polar surface area (TPSA) is 31.4 Å². The van der Waals surface area contributed by atoms with E-state index < -0.39 is 0 Å². The summed E-state index contributed by atoms with van der Waals surface area (Å²) in [7, 11) is 3.30. The lowest BCUT2D eigenvalue weighted by molar-refractivity contribution is 0.358. The van der Waals surface area contributed by atoms with Gasteiger partial charge in [-0.1, -0.05) is 13.0 Å². The monoisotopic (exact) mass is 217 g/mol. The van der Waals surface area contributed by atoms with Crippen molar-refractivity contribution in [1.29, 1.82) is 0 Å². The van der Waals surface area contributed by atoms with Gasteiger partial charge in [-0.05, 0) is 23.9 Å². The fraction of sp³-hybridized carbons (Fsp3) is 0.308. The third kappa shape index (κ3) is 1.58. The summed E-state index contributed by atoms with van der Waals surface area (Å²) in [5, 5.41) is 2.18. The first-order valence-corrected chi connectivity index (χ1v) is 5.30. The maximum Gasteiger partial charge on any atom is 0.170 e. The molecule has 0 aliphatic carbocycles. The molecule has 84 valence electrons. The zero-order chi connectivity index (χ0) is 11.5. The second-order valence-corrected chi connectivity index (χ2v) is 3.51. The summed E-state index contributed by atoms with van der Waals surface area (Å²) in [4.78, 5) is 4.37. The van der Waals surface area contributed by atoms with Gasteiger partial charge in [-0.15, -0.1) is 0 Å². The van der Waals surface area contributed by atoms with E-state index in [2.05, 4.69) is 11.9 Å². The van der Waals surface area contributed by atoms with Crippen LogP contribution >= 0.6 is 0 Å². The zero-order valence-corrected chi connectivity index (χ0v) is 9.78. The van der Waals surface area contributed by atoms with Gasteiger partial charge in [-0.25, -0.2) is 0 Å². The van der Waals surface area contributed by atoms with Crippen LogP contribution in [0.5, 0.6) is 11.5 Å². The van der Waals surface area contributed by atoms with Crippen molar-refractivity contribution < 1.29 is 9.47 Å². The average Bonchev–Trinajstić information content (AvgIpc) is 2.36. The Labute approximate surface area is 95.0 Å². The molecule has 0 amide bonds. The normalized spacial score (nSPS) is 10.4. The predicted octanol–water partition coefficient (Wildman–Crippen LogP) is 2.81. The van der Waals surface area contributed by atoms with Crippen molar-refractivity contribution >= 4 is 10.8 Å². The Bertz CT molecular complexity index is 509. The minimum atomic E-state index is 0.748. The van der Waals surface area contributed by atoms with Gasteiger partial charge in [0.1, 0.15) is 0 Å². The highest BCUT2D eigenvalue weighted by molar-refractivity contribution is 5.92. The molecule has 0 fully saturated rings. The van der Waals surface area contributed by atoms with E-state index in [-0.39, 0.29) is 0 Å². The molecule has 1 aromatic carbocycles. The summed E-state index contributed by atoms with van der Waals surface area (Å²) in [6.45, 7) is 2.08. The van der Waals surface area contributed by atoms with E-state index in [4.69, 9.17) is 9.47 Å². The van der Waals surface area contributed by atoms with Crippen LogP contribution in [0, 0.1) is 0 Å². The highest BCUT2D eigenvalue weighted by atomic mass is 16.5. The molecule has 0 radical (unpaired) electrons. The molecule has 0 saturated heterocycles. The fourth-order valence-corrected chi connectivity index (χ4v) is 1.92. The average molecular weight is 217 g/mol. The van der Waals surface area contributed by atoms with Gasteiger partial charge in [0.25, 0.3) is 0 Å². The van der Waals surface area contributed by atoms with E-state index in [9.17, 15) is 0 Å². The Morgan fingerprint density at radius 3 is 2.56 bits per heavy atom. The number of pyridine rings is 1. The van der Waals surface area contributed by atoms with Crippen LogP contribution in [0.15, 0.2) is 24.4 Å². The summed E-state index contributed by atoms with van der Waals surface area (Å²) < 4.78 is 10.7. The number of ether oxygens (including phenoxy) is 2. The first-order valence-electron chi connectivity index (χ1n) is 5.30. The van der Waals surface area contributed by atoms with Crippen molar-refractivity contribution in [2.24, 2.45) is 0 Å². The molecule has 2 aromatic rings. The van der Waals surface area contributed by atoms with Gasteiger partial charge in [0.15, 0.2) is 11.5 Å². The first-order chi connectivity index (χ1) is 7.81. The molecule has 1 heterocycles. The Morgan fingerprint density at radius 1 is 1.12 bits per heavy atom. The summed E-state index contributed by atoms with van der Waals surface area (Å²) in [5.74, 6) is 1.52. The van der Waals surface area contributed by atoms with Crippen LogP contribution < -0.4 is 9.47 Å². The highest BCUT2D eigenvalue weighted by Gasteiger charge is 2.12. The van der Waals surface area contributed by atoms with Gasteiger partial charge < -0.3 is 9.47 Å². The number of rotatable bonds is 3. The Morgan fingerprint density at radius 2 is 1.94 bits per heavy atom. The van der Waals surface area contributed by atoms with Crippen molar-refractivity contribution in [3.05, 3.63) is 30.1 Å². The van der Waals surface area contributed by atoms with Crippen LogP contribution in [0.2, 0.25) is 0 Å². The second kappa shape index (κ2) is 4.39.